The summed E-state index contributed by atoms with van der Waals surface area (Å²) >= 11 is 1.05. The van der Waals surface area contributed by atoms with Crippen LogP contribution in [0, 0.1) is 0 Å². The first-order valence-corrected chi connectivity index (χ1v) is 11.4. The summed E-state index contributed by atoms with van der Waals surface area (Å²) in [4.78, 5) is 23.8. The molecule has 7 nitrogen and oxygen atoms in total. The Labute approximate surface area is 197 Å². The van der Waals surface area contributed by atoms with Crippen LogP contribution in [0.1, 0.15) is 50.7 Å². The monoisotopic (exact) mass is 484 g/mol. The van der Waals surface area contributed by atoms with Crippen molar-refractivity contribution in [3.8, 4) is 0 Å². The van der Waals surface area contributed by atoms with E-state index in [1.54, 1.807) is 50.1 Å². The molecule has 0 aliphatic carbocycles. The van der Waals surface area contributed by atoms with Gasteiger partial charge in [-0.05, 0) is 38.1 Å². The summed E-state index contributed by atoms with van der Waals surface area (Å²) < 4.78 is 41.0. The molecule has 182 valence electrons. The zero-order chi connectivity index (χ0) is 24.8. The Balaban J connectivity index is 2.34. The summed E-state index contributed by atoms with van der Waals surface area (Å²) in [6, 6.07) is 8.80. The molecule has 1 atom stereocenters. The molecule has 0 aliphatic heterocycles. The van der Waals surface area contributed by atoms with Crippen LogP contribution < -0.4 is 20.3 Å². The van der Waals surface area contributed by atoms with Crippen molar-refractivity contribution in [2.45, 2.75) is 57.4 Å². The van der Waals surface area contributed by atoms with Gasteiger partial charge in [0, 0.05) is 36.6 Å². The molecule has 0 bridgehead atoms. The van der Waals surface area contributed by atoms with Gasteiger partial charge in [-0.25, -0.2) is 9.97 Å². The molecule has 1 amide bonds. The number of nitrogens with zero attached hydrogens (tertiary/aromatic N) is 3. The highest BCUT2D eigenvalue weighted by Gasteiger charge is 2.30. The summed E-state index contributed by atoms with van der Waals surface area (Å²) in [6.45, 7) is 8.58. The Hall–Kier alpha value is -2.53. The highest BCUT2D eigenvalue weighted by Crippen LogP contribution is 2.28. The van der Waals surface area contributed by atoms with E-state index in [1.807, 2.05) is 26.8 Å². The molecule has 0 fully saturated rings. The summed E-state index contributed by atoms with van der Waals surface area (Å²) in [5.74, 6) is 0.566. The highest BCUT2D eigenvalue weighted by atomic mass is 32.2. The minimum atomic E-state index is -4.35. The van der Waals surface area contributed by atoms with Crippen molar-refractivity contribution in [3.05, 3.63) is 41.6 Å². The molecule has 0 saturated carbocycles. The van der Waals surface area contributed by atoms with Gasteiger partial charge in [0.1, 0.15) is 16.7 Å². The second kappa shape index (κ2) is 11.1. The van der Waals surface area contributed by atoms with Gasteiger partial charge in [-0.2, -0.15) is 13.2 Å². The van der Waals surface area contributed by atoms with Crippen molar-refractivity contribution < 1.29 is 18.0 Å². The van der Waals surface area contributed by atoms with Crippen LogP contribution in [0.25, 0.3) is 0 Å². The number of nitrogens with one attached hydrogen (secondary N) is 3. The SMILES string of the molecule is CCN(c1nc(C(C)(C)C)ccc1C(=O)NSc1cccc(NC)n1)C(C)NCC(F)(F)F. The van der Waals surface area contributed by atoms with Gasteiger partial charge in [0.2, 0.25) is 0 Å². The van der Waals surface area contributed by atoms with Crippen LogP contribution in [0.2, 0.25) is 0 Å². The molecule has 2 heterocycles. The smallest absolute Gasteiger partial charge is 0.373 e. The minimum Gasteiger partial charge on any atom is -0.373 e. The molecule has 33 heavy (non-hydrogen) atoms. The third-order valence-electron chi connectivity index (χ3n) is 4.79. The number of hydrogen-bond donors (Lipinski definition) is 3. The molecule has 2 rings (SSSR count). The van der Waals surface area contributed by atoms with Gasteiger partial charge >= 0.3 is 6.18 Å². The predicted octanol–water partition coefficient (Wildman–Crippen LogP) is 4.58. The quantitative estimate of drug-likeness (QED) is 0.355. The Kier molecular flexibility index (Phi) is 8.96. The van der Waals surface area contributed by atoms with E-state index in [-0.39, 0.29) is 11.0 Å². The molecular formula is C22H31F3N6OS. The second-order valence-corrected chi connectivity index (χ2v) is 9.25. The first-order valence-electron chi connectivity index (χ1n) is 10.6. The third kappa shape index (κ3) is 7.78. The normalized spacial score (nSPS) is 12.9. The van der Waals surface area contributed by atoms with Crippen LogP contribution in [0.5, 0.6) is 0 Å². The van der Waals surface area contributed by atoms with Crippen molar-refractivity contribution in [1.29, 1.82) is 0 Å². The van der Waals surface area contributed by atoms with Crippen LogP contribution in [0.15, 0.2) is 35.4 Å². The van der Waals surface area contributed by atoms with E-state index in [9.17, 15) is 18.0 Å². The zero-order valence-corrected chi connectivity index (χ0v) is 20.5. The Morgan fingerprint density at radius 3 is 2.42 bits per heavy atom. The zero-order valence-electron chi connectivity index (χ0n) is 19.7. The lowest BCUT2D eigenvalue weighted by Gasteiger charge is -2.32. The van der Waals surface area contributed by atoms with Crippen molar-refractivity contribution in [2.75, 3.05) is 30.4 Å². The fourth-order valence-electron chi connectivity index (χ4n) is 3.01. The maximum Gasteiger partial charge on any atom is 0.401 e. The first-order chi connectivity index (χ1) is 15.4. The van der Waals surface area contributed by atoms with Gasteiger partial charge in [-0.15, -0.1) is 0 Å². The second-order valence-electron chi connectivity index (χ2n) is 8.42. The maximum atomic E-state index is 13.1. The fraction of sp³-hybridized carbons (Fsp3) is 0.500. The fourth-order valence-corrected chi connectivity index (χ4v) is 3.61. The highest BCUT2D eigenvalue weighted by molar-refractivity contribution is 7.97. The third-order valence-corrected chi connectivity index (χ3v) is 5.52. The van der Waals surface area contributed by atoms with E-state index < -0.39 is 24.8 Å². The predicted molar refractivity (Wildman–Crippen MR) is 127 cm³/mol. The number of hydrogen-bond acceptors (Lipinski definition) is 7. The van der Waals surface area contributed by atoms with Crippen LogP contribution in [0.3, 0.4) is 0 Å². The number of alkyl halides is 3. The lowest BCUT2D eigenvalue weighted by molar-refractivity contribution is -0.126. The van der Waals surface area contributed by atoms with E-state index in [4.69, 9.17) is 4.98 Å². The van der Waals surface area contributed by atoms with Gasteiger partial charge in [0.05, 0.1) is 18.3 Å². The van der Waals surface area contributed by atoms with Crippen molar-refractivity contribution in [2.24, 2.45) is 0 Å². The Morgan fingerprint density at radius 2 is 1.85 bits per heavy atom. The molecule has 11 heteroatoms. The van der Waals surface area contributed by atoms with E-state index >= 15 is 0 Å². The van der Waals surface area contributed by atoms with Crippen LogP contribution in [0.4, 0.5) is 24.8 Å². The van der Waals surface area contributed by atoms with Gasteiger partial charge in [-0.3, -0.25) is 14.8 Å². The number of carbonyl (C=O) groups is 1. The largest absolute Gasteiger partial charge is 0.401 e. The number of amides is 1. The number of carbonyl (C=O) groups excluding carboxylic acids is 1. The van der Waals surface area contributed by atoms with E-state index in [1.165, 1.54) is 0 Å². The maximum absolute atomic E-state index is 13.1. The average molecular weight is 485 g/mol. The Bertz CT molecular complexity index is 948. The Morgan fingerprint density at radius 1 is 1.15 bits per heavy atom. The van der Waals surface area contributed by atoms with Gasteiger partial charge in [0.25, 0.3) is 5.91 Å². The summed E-state index contributed by atoms with van der Waals surface area (Å²) in [6.07, 6.45) is -5.05. The van der Waals surface area contributed by atoms with Crippen molar-refractivity contribution in [3.63, 3.8) is 0 Å². The summed E-state index contributed by atoms with van der Waals surface area (Å²) in [5.41, 5.74) is 0.687. The molecule has 0 saturated heterocycles. The topological polar surface area (TPSA) is 82.2 Å². The van der Waals surface area contributed by atoms with Gasteiger partial charge < -0.3 is 10.2 Å². The molecule has 2 aromatic heterocycles. The molecule has 0 spiro atoms. The standard InChI is InChI=1S/C22H31F3N6OS/c1-7-31(14(2)27-13-22(23,24)25)19-15(11-12-16(28-19)21(3,4)5)20(32)30-33-18-10-8-9-17(26-6)29-18/h8-12,14,27H,7,13H2,1-6H3,(H,26,29)(H,30,32). The summed E-state index contributed by atoms with van der Waals surface area (Å²) in [7, 11) is 1.75. The molecule has 3 N–H and O–H groups in total. The minimum absolute atomic E-state index is 0.266. The average Bonchev–Trinajstić information content (AvgIpc) is 2.75. The van der Waals surface area contributed by atoms with Crippen LogP contribution in [-0.2, 0) is 5.41 Å². The van der Waals surface area contributed by atoms with Crippen molar-refractivity contribution >= 4 is 29.5 Å². The summed E-state index contributed by atoms with van der Waals surface area (Å²) in [5, 5.41) is 5.99. The molecule has 2 aromatic rings. The van der Waals surface area contributed by atoms with E-state index in [0.29, 0.717) is 23.2 Å². The number of pyridine rings is 2. The molecule has 0 radical (unpaired) electrons. The van der Waals surface area contributed by atoms with E-state index in [2.05, 4.69) is 20.3 Å². The molecule has 0 aromatic carbocycles. The molecule has 1 unspecified atom stereocenters. The lowest BCUT2D eigenvalue weighted by atomic mass is 9.91. The van der Waals surface area contributed by atoms with Crippen LogP contribution in [-0.4, -0.2) is 48.4 Å². The van der Waals surface area contributed by atoms with Gasteiger partial charge in [-0.1, -0.05) is 26.8 Å². The molecular weight excluding hydrogens is 453 g/mol. The van der Waals surface area contributed by atoms with Crippen molar-refractivity contribution in [1.82, 2.24) is 20.0 Å². The number of anilines is 2. The number of aromatic nitrogens is 2. The number of halogens is 3. The van der Waals surface area contributed by atoms with Crippen LogP contribution >= 0.6 is 11.9 Å². The van der Waals surface area contributed by atoms with E-state index in [0.717, 1.165) is 17.6 Å². The van der Waals surface area contributed by atoms with Gasteiger partial charge in [0.15, 0.2) is 0 Å². The number of rotatable bonds is 9. The molecule has 0 aliphatic rings. The lowest BCUT2D eigenvalue weighted by Crippen LogP contribution is -2.48. The first kappa shape index (κ1) is 26.7.